The number of benzene rings is 1. The van der Waals surface area contributed by atoms with E-state index >= 15 is 0 Å². The van der Waals surface area contributed by atoms with E-state index in [4.69, 9.17) is 13.8 Å². The second kappa shape index (κ2) is 10.7. The summed E-state index contributed by atoms with van der Waals surface area (Å²) in [4.78, 5) is 4.62. The van der Waals surface area contributed by atoms with E-state index < -0.39 is 0 Å². The summed E-state index contributed by atoms with van der Waals surface area (Å²) in [5.74, 6) is 2.99. The van der Waals surface area contributed by atoms with Gasteiger partial charge in [-0.2, -0.15) is 0 Å². The third kappa shape index (κ3) is 6.15. The van der Waals surface area contributed by atoms with Gasteiger partial charge in [0.2, 0.25) is 0 Å². The average molecular weight is 455 g/mol. The van der Waals surface area contributed by atoms with Crippen LogP contribution in [0.15, 0.2) is 27.2 Å². The quantitative estimate of drug-likeness (QED) is 0.424. The van der Waals surface area contributed by atoms with E-state index in [1.54, 1.807) is 0 Å². The standard InChI is InChI=1S/C26H38N4O3/c1-18(2)17-31-25-9-7-22-24(28-33-26(22)23(25)16-29(4)5)8-6-20-10-12-30(13-11-20)15-21-14-19(3)32-27-21/h7,9,14,18,20H,6,8,10-13,15-17H2,1-5H3. The van der Waals surface area contributed by atoms with Gasteiger partial charge in [-0.15, -0.1) is 0 Å². The first-order chi connectivity index (χ1) is 15.9. The van der Waals surface area contributed by atoms with Crippen LogP contribution in [-0.2, 0) is 19.5 Å². The lowest BCUT2D eigenvalue weighted by Gasteiger charge is -2.31. The molecule has 7 heteroatoms. The Bertz CT molecular complexity index is 1030. The number of hydrogen-bond acceptors (Lipinski definition) is 7. The molecule has 1 fully saturated rings. The SMILES string of the molecule is Cc1cc(CN2CCC(CCc3noc4c(CN(C)C)c(OCC(C)C)ccc34)CC2)no1. The first-order valence-corrected chi connectivity index (χ1v) is 12.2. The van der Waals surface area contributed by atoms with E-state index in [1.807, 2.05) is 13.0 Å². The molecule has 7 nitrogen and oxygen atoms in total. The molecule has 33 heavy (non-hydrogen) atoms. The van der Waals surface area contributed by atoms with E-state index in [2.05, 4.69) is 60.2 Å². The van der Waals surface area contributed by atoms with Gasteiger partial charge in [-0.3, -0.25) is 4.90 Å². The number of aryl methyl sites for hydroxylation is 2. The zero-order chi connectivity index (χ0) is 23.4. The van der Waals surface area contributed by atoms with Gasteiger partial charge in [0.15, 0.2) is 5.58 Å². The Balaban J connectivity index is 1.37. The van der Waals surface area contributed by atoms with Crippen LogP contribution in [0.5, 0.6) is 5.75 Å². The van der Waals surface area contributed by atoms with Gasteiger partial charge < -0.3 is 18.7 Å². The molecule has 1 aliphatic rings. The lowest BCUT2D eigenvalue weighted by Crippen LogP contribution is -2.33. The van der Waals surface area contributed by atoms with Gasteiger partial charge >= 0.3 is 0 Å². The lowest BCUT2D eigenvalue weighted by atomic mass is 9.91. The molecule has 4 rings (SSSR count). The van der Waals surface area contributed by atoms with Crippen LogP contribution in [0, 0.1) is 18.8 Å². The number of aromatic nitrogens is 2. The molecule has 0 atom stereocenters. The largest absolute Gasteiger partial charge is 0.493 e. The second-order valence-electron chi connectivity index (χ2n) is 10.2. The molecule has 0 saturated carbocycles. The molecule has 1 aromatic carbocycles. The van der Waals surface area contributed by atoms with Crippen molar-refractivity contribution in [2.75, 3.05) is 33.8 Å². The number of rotatable bonds is 10. The minimum absolute atomic E-state index is 0.477. The Morgan fingerprint density at radius 2 is 1.94 bits per heavy atom. The molecular formula is C26H38N4O3. The molecule has 0 amide bonds. The maximum absolute atomic E-state index is 6.10. The van der Waals surface area contributed by atoms with Crippen LogP contribution in [0.3, 0.4) is 0 Å². The fraction of sp³-hybridized carbons (Fsp3) is 0.615. The minimum Gasteiger partial charge on any atom is -0.493 e. The van der Waals surface area contributed by atoms with Crippen molar-refractivity contribution in [2.45, 2.75) is 59.5 Å². The molecule has 1 aliphatic heterocycles. The van der Waals surface area contributed by atoms with Crippen molar-refractivity contribution >= 4 is 11.0 Å². The fourth-order valence-electron chi connectivity index (χ4n) is 4.62. The predicted octanol–water partition coefficient (Wildman–Crippen LogP) is 5.07. The summed E-state index contributed by atoms with van der Waals surface area (Å²) in [7, 11) is 4.14. The fourth-order valence-corrected chi connectivity index (χ4v) is 4.62. The summed E-state index contributed by atoms with van der Waals surface area (Å²) >= 11 is 0. The van der Waals surface area contributed by atoms with Crippen LogP contribution in [0.2, 0.25) is 0 Å². The predicted molar refractivity (Wildman–Crippen MR) is 129 cm³/mol. The third-order valence-corrected chi connectivity index (χ3v) is 6.38. The Labute approximate surface area is 197 Å². The summed E-state index contributed by atoms with van der Waals surface area (Å²) in [5, 5.41) is 9.74. The molecule has 0 bridgehead atoms. The average Bonchev–Trinajstić information content (AvgIpc) is 3.38. The summed E-state index contributed by atoms with van der Waals surface area (Å²) in [6, 6.07) is 6.25. The molecule has 180 valence electrons. The van der Waals surface area contributed by atoms with Crippen LogP contribution in [0.1, 0.15) is 55.8 Å². The van der Waals surface area contributed by atoms with Crippen LogP contribution >= 0.6 is 0 Å². The van der Waals surface area contributed by atoms with Gasteiger partial charge in [0, 0.05) is 24.5 Å². The van der Waals surface area contributed by atoms with Crippen molar-refractivity contribution in [3.8, 4) is 5.75 Å². The highest BCUT2D eigenvalue weighted by molar-refractivity contribution is 5.84. The first-order valence-electron chi connectivity index (χ1n) is 12.2. The Morgan fingerprint density at radius 1 is 1.15 bits per heavy atom. The molecule has 0 spiro atoms. The van der Waals surface area contributed by atoms with Crippen molar-refractivity contribution in [2.24, 2.45) is 11.8 Å². The van der Waals surface area contributed by atoms with Crippen LogP contribution < -0.4 is 4.74 Å². The zero-order valence-corrected chi connectivity index (χ0v) is 20.8. The molecule has 3 heterocycles. The van der Waals surface area contributed by atoms with Crippen molar-refractivity contribution in [3.63, 3.8) is 0 Å². The van der Waals surface area contributed by atoms with Crippen molar-refractivity contribution < 1.29 is 13.8 Å². The van der Waals surface area contributed by atoms with E-state index in [-0.39, 0.29) is 0 Å². The number of piperidine rings is 1. The normalized spacial score (nSPS) is 15.8. The summed E-state index contributed by atoms with van der Waals surface area (Å²) in [6.45, 7) is 10.8. The molecule has 3 aromatic rings. The van der Waals surface area contributed by atoms with Gasteiger partial charge in [-0.05, 0) is 83.8 Å². The maximum Gasteiger partial charge on any atom is 0.175 e. The molecular weight excluding hydrogens is 416 g/mol. The van der Waals surface area contributed by atoms with Crippen molar-refractivity contribution in [1.29, 1.82) is 0 Å². The minimum atomic E-state index is 0.477. The van der Waals surface area contributed by atoms with Gasteiger partial charge in [0.25, 0.3) is 0 Å². The van der Waals surface area contributed by atoms with Gasteiger partial charge in [0.05, 0.1) is 23.6 Å². The Hall–Kier alpha value is -2.38. The zero-order valence-electron chi connectivity index (χ0n) is 20.8. The van der Waals surface area contributed by atoms with E-state index in [0.717, 1.165) is 84.4 Å². The highest BCUT2D eigenvalue weighted by Gasteiger charge is 2.22. The Morgan fingerprint density at radius 3 is 2.61 bits per heavy atom. The van der Waals surface area contributed by atoms with E-state index in [1.165, 1.54) is 12.8 Å². The lowest BCUT2D eigenvalue weighted by molar-refractivity contribution is 0.168. The molecule has 0 aliphatic carbocycles. The van der Waals surface area contributed by atoms with Gasteiger partial charge in [-0.1, -0.05) is 24.2 Å². The van der Waals surface area contributed by atoms with Crippen molar-refractivity contribution in [1.82, 2.24) is 20.1 Å². The van der Waals surface area contributed by atoms with Crippen molar-refractivity contribution in [3.05, 3.63) is 40.9 Å². The summed E-state index contributed by atoms with van der Waals surface area (Å²) in [6.07, 6.45) is 4.53. The molecule has 2 aromatic heterocycles. The van der Waals surface area contributed by atoms with E-state index in [9.17, 15) is 0 Å². The second-order valence-corrected chi connectivity index (χ2v) is 10.2. The molecule has 0 radical (unpaired) electrons. The topological polar surface area (TPSA) is 67.8 Å². The monoisotopic (exact) mass is 454 g/mol. The van der Waals surface area contributed by atoms with Gasteiger partial charge in [-0.25, -0.2) is 0 Å². The first kappa shape index (κ1) is 23.8. The highest BCUT2D eigenvalue weighted by Crippen LogP contribution is 2.33. The summed E-state index contributed by atoms with van der Waals surface area (Å²) in [5.41, 5.74) is 4.07. The Kier molecular flexibility index (Phi) is 7.71. The third-order valence-electron chi connectivity index (χ3n) is 6.38. The van der Waals surface area contributed by atoms with Gasteiger partial charge in [0.1, 0.15) is 11.5 Å². The number of nitrogens with zero attached hydrogens (tertiary/aromatic N) is 4. The number of likely N-dealkylation sites (tertiary alicyclic amines) is 1. The van der Waals surface area contributed by atoms with E-state index in [0.29, 0.717) is 12.5 Å². The van der Waals surface area contributed by atoms with Crippen LogP contribution in [0.25, 0.3) is 11.0 Å². The molecule has 1 saturated heterocycles. The number of ether oxygens (including phenoxy) is 1. The smallest absolute Gasteiger partial charge is 0.175 e. The number of fused-ring (bicyclic) bond motifs is 1. The maximum atomic E-state index is 6.10. The van der Waals surface area contributed by atoms with Crippen LogP contribution in [-0.4, -0.2) is 53.9 Å². The molecule has 0 N–H and O–H groups in total. The number of hydrogen-bond donors (Lipinski definition) is 0. The summed E-state index contributed by atoms with van der Waals surface area (Å²) < 4.78 is 17.2. The van der Waals surface area contributed by atoms with Crippen LogP contribution in [0.4, 0.5) is 0 Å². The molecule has 0 unspecified atom stereocenters. The highest BCUT2D eigenvalue weighted by atomic mass is 16.5.